The standard InChI is InChI=1S/C23H22BrN3OS2/c1-15-21(29-12-16-5-3-2-4-6-16)30-20(26-15)19-11-23(19)13-25-22(28)27(14-23)18-9-7-17(24)8-10-18/h2-10,19H,11-14H2,1H3,(H,25,28). The van der Waals surface area contributed by atoms with E-state index in [0.717, 1.165) is 41.1 Å². The van der Waals surface area contributed by atoms with Gasteiger partial charge in [-0.15, -0.1) is 23.1 Å². The fraction of sp³-hybridized carbons (Fsp3) is 0.304. The third-order valence-corrected chi connectivity index (χ3v) is 9.15. The number of aromatic nitrogens is 1. The number of carbonyl (C=O) groups excluding carboxylic acids is 1. The molecule has 2 atom stereocenters. The molecule has 2 amide bonds. The summed E-state index contributed by atoms with van der Waals surface area (Å²) in [6.07, 6.45) is 1.08. The van der Waals surface area contributed by atoms with E-state index in [9.17, 15) is 4.79 Å². The molecule has 2 fully saturated rings. The average Bonchev–Trinajstić information content (AvgIpc) is 3.33. The summed E-state index contributed by atoms with van der Waals surface area (Å²) in [5.41, 5.74) is 3.49. The minimum absolute atomic E-state index is 0.0111. The number of hydrogen-bond donors (Lipinski definition) is 1. The van der Waals surface area contributed by atoms with Crippen LogP contribution in [0.25, 0.3) is 0 Å². The minimum atomic E-state index is -0.0111. The van der Waals surface area contributed by atoms with Crippen LogP contribution in [0.2, 0.25) is 0 Å². The van der Waals surface area contributed by atoms with Crippen molar-refractivity contribution in [3.8, 4) is 0 Å². The lowest BCUT2D eigenvalue weighted by atomic mass is 10.0. The third-order valence-electron chi connectivity index (χ3n) is 5.92. The van der Waals surface area contributed by atoms with E-state index in [1.807, 2.05) is 52.3 Å². The van der Waals surface area contributed by atoms with Crippen LogP contribution in [-0.4, -0.2) is 24.1 Å². The van der Waals surface area contributed by atoms with Gasteiger partial charge in [-0.2, -0.15) is 0 Å². The number of aryl methyl sites for hydroxylation is 1. The van der Waals surface area contributed by atoms with Gasteiger partial charge in [-0.1, -0.05) is 46.3 Å². The topological polar surface area (TPSA) is 45.2 Å². The van der Waals surface area contributed by atoms with Gasteiger partial charge < -0.3 is 5.32 Å². The lowest BCUT2D eigenvalue weighted by Gasteiger charge is -2.34. The van der Waals surface area contributed by atoms with Gasteiger partial charge in [0.15, 0.2) is 0 Å². The molecule has 5 rings (SSSR count). The van der Waals surface area contributed by atoms with Gasteiger partial charge in [0.05, 0.1) is 14.9 Å². The van der Waals surface area contributed by atoms with Crippen LogP contribution in [0.1, 0.15) is 28.6 Å². The molecule has 1 aromatic heterocycles. The lowest BCUT2D eigenvalue weighted by Crippen LogP contribution is -2.52. The lowest BCUT2D eigenvalue weighted by molar-refractivity contribution is 0.234. The molecule has 0 bridgehead atoms. The third kappa shape index (κ3) is 3.90. The molecule has 1 aliphatic carbocycles. The Morgan fingerprint density at radius 1 is 1.23 bits per heavy atom. The smallest absolute Gasteiger partial charge is 0.321 e. The second-order valence-electron chi connectivity index (χ2n) is 8.04. The number of carbonyl (C=O) groups is 1. The fourth-order valence-corrected chi connectivity index (χ4v) is 6.81. The maximum atomic E-state index is 12.5. The summed E-state index contributed by atoms with van der Waals surface area (Å²) in [4.78, 5) is 19.3. The molecule has 0 radical (unpaired) electrons. The Hall–Kier alpha value is -1.83. The Morgan fingerprint density at radius 2 is 2.00 bits per heavy atom. The highest BCUT2D eigenvalue weighted by atomic mass is 79.9. The van der Waals surface area contributed by atoms with Crippen LogP contribution in [0, 0.1) is 12.3 Å². The molecule has 1 spiro atoms. The number of nitrogens with one attached hydrogen (secondary N) is 1. The van der Waals surface area contributed by atoms with Crippen molar-refractivity contribution >= 4 is 50.7 Å². The van der Waals surface area contributed by atoms with Crippen molar-refractivity contribution < 1.29 is 4.79 Å². The molecule has 2 aromatic carbocycles. The van der Waals surface area contributed by atoms with Crippen LogP contribution in [0.15, 0.2) is 63.3 Å². The first-order valence-electron chi connectivity index (χ1n) is 9.99. The summed E-state index contributed by atoms with van der Waals surface area (Å²) in [5.74, 6) is 1.39. The largest absolute Gasteiger partial charge is 0.337 e. The molecule has 2 aliphatic rings. The zero-order chi connectivity index (χ0) is 20.7. The monoisotopic (exact) mass is 499 g/mol. The van der Waals surface area contributed by atoms with Crippen molar-refractivity contribution in [2.24, 2.45) is 5.41 Å². The summed E-state index contributed by atoms with van der Waals surface area (Å²) in [6, 6.07) is 18.5. The van der Waals surface area contributed by atoms with E-state index in [2.05, 4.69) is 58.5 Å². The Labute approximate surface area is 193 Å². The molecule has 7 heteroatoms. The molecule has 1 saturated heterocycles. The second-order valence-corrected chi connectivity index (χ2v) is 11.2. The number of benzene rings is 2. The van der Waals surface area contributed by atoms with Gasteiger partial charge in [-0.3, -0.25) is 4.90 Å². The van der Waals surface area contributed by atoms with Crippen LogP contribution < -0.4 is 10.2 Å². The van der Waals surface area contributed by atoms with Crippen molar-refractivity contribution in [3.05, 3.63) is 75.3 Å². The van der Waals surface area contributed by atoms with Gasteiger partial charge in [0, 0.05) is 40.3 Å². The van der Waals surface area contributed by atoms with Gasteiger partial charge >= 0.3 is 6.03 Å². The number of anilines is 1. The van der Waals surface area contributed by atoms with Crippen molar-refractivity contribution in [1.82, 2.24) is 10.3 Å². The molecular formula is C23H22BrN3OS2. The summed E-state index contributed by atoms with van der Waals surface area (Å²) < 4.78 is 2.32. The van der Waals surface area contributed by atoms with E-state index in [1.54, 1.807) is 0 Å². The number of amides is 2. The summed E-state index contributed by atoms with van der Waals surface area (Å²) >= 11 is 7.17. The number of rotatable bonds is 5. The molecule has 30 heavy (non-hydrogen) atoms. The van der Waals surface area contributed by atoms with Crippen molar-refractivity contribution in [2.45, 2.75) is 29.2 Å². The molecule has 1 N–H and O–H groups in total. The first kappa shape index (κ1) is 20.1. The van der Waals surface area contributed by atoms with E-state index in [4.69, 9.17) is 4.98 Å². The number of halogens is 1. The zero-order valence-corrected chi connectivity index (χ0v) is 19.8. The highest BCUT2D eigenvalue weighted by molar-refractivity contribution is 9.10. The number of thioether (sulfide) groups is 1. The molecule has 1 saturated carbocycles. The van der Waals surface area contributed by atoms with E-state index >= 15 is 0 Å². The Kier molecular flexibility index (Phi) is 5.37. The quantitative estimate of drug-likeness (QED) is 0.424. The van der Waals surface area contributed by atoms with Crippen molar-refractivity contribution in [1.29, 1.82) is 0 Å². The van der Waals surface area contributed by atoms with Crippen molar-refractivity contribution in [3.63, 3.8) is 0 Å². The average molecular weight is 500 g/mol. The Morgan fingerprint density at radius 3 is 2.77 bits per heavy atom. The Balaban J connectivity index is 1.30. The van der Waals surface area contributed by atoms with Gasteiger partial charge in [0.1, 0.15) is 0 Å². The first-order chi connectivity index (χ1) is 14.5. The molecule has 154 valence electrons. The number of urea groups is 1. The molecular weight excluding hydrogens is 478 g/mol. The SMILES string of the molecule is Cc1nc(C2CC23CNC(=O)N(c2ccc(Br)cc2)C3)sc1SCc1ccccc1. The van der Waals surface area contributed by atoms with Crippen LogP contribution in [0.4, 0.5) is 10.5 Å². The fourth-order valence-electron chi connectivity index (χ4n) is 4.09. The normalized spacial score (nSPS) is 22.9. The maximum absolute atomic E-state index is 12.5. The minimum Gasteiger partial charge on any atom is -0.337 e. The highest BCUT2D eigenvalue weighted by Gasteiger charge is 2.59. The summed E-state index contributed by atoms with van der Waals surface area (Å²) in [7, 11) is 0. The van der Waals surface area contributed by atoms with Crippen LogP contribution in [-0.2, 0) is 5.75 Å². The molecule has 2 heterocycles. The predicted octanol–water partition coefficient (Wildman–Crippen LogP) is 6.21. The molecule has 2 unspecified atom stereocenters. The van der Waals surface area contributed by atoms with Crippen molar-refractivity contribution in [2.75, 3.05) is 18.0 Å². The van der Waals surface area contributed by atoms with E-state index in [-0.39, 0.29) is 11.4 Å². The maximum Gasteiger partial charge on any atom is 0.321 e. The molecule has 3 aromatic rings. The number of hydrogen-bond acceptors (Lipinski definition) is 4. The van der Waals surface area contributed by atoms with Gasteiger partial charge in [-0.25, -0.2) is 9.78 Å². The highest BCUT2D eigenvalue weighted by Crippen LogP contribution is 2.61. The van der Waals surface area contributed by atoms with Crippen LogP contribution in [0.5, 0.6) is 0 Å². The summed E-state index contributed by atoms with van der Waals surface area (Å²) in [6.45, 7) is 3.59. The number of nitrogens with zero attached hydrogens (tertiary/aromatic N) is 2. The second kappa shape index (κ2) is 8.02. The zero-order valence-electron chi connectivity index (χ0n) is 16.6. The van der Waals surface area contributed by atoms with E-state index in [1.165, 1.54) is 14.8 Å². The first-order valence-corrected chi connectivity index (χ1v) is 12.6. The Bertz CT molecular complexity index is 1070. The predicted molar refractivity (Wildman–Crippen MR) is 128 cm³/mol. The molecule has 1 aliphatic heterocycles. The van der Waals surface area contributed by atoms with Gasteiger partial charge in [0.25, 0.3) is 0 Å². The van der Waals surface area contributed by atoms with Crippen LogP contribution in [0.3, 0.4) is 0 Å². The van der Waals surface area contributed by atoms with Gasteiger partial charge in [0.2, 0.25) is 0 Å². The van der Waals surface area contributed by atoms with E-state index < -0.39 is 0 Å². The summed E-state index contributed by atoms with van der Waals surface area (Å²) in [5, 5.41) is 4.33. The van der Waals surface area contributed by atoms with Gasteiger partial charge in [-0.05, 0) is 43.2 Å². The van der Waals surface area contributed by atoms with E-state index in [0.29, 0.717) is 5.92 Å². The van der Waals surface area contributed by atoms with Crippen LogP contribution >= 0.6 is 39.0 Å². The number of thiazole rings is 1. The molecule has 4 nitrogen and oxygen atoms in total.